The van der Waals surface area contributed by atoms with Crippen molar-refractivity contribution in [2.75, 3.05) is 18.0 Å². The number of H-pyrrole nitrogens is 1. The quantitative estimate of drug-likeness (QED) is 0.311. The number of hydrogen-bond acceptors (Lipinski definition) is 4. The minimum Gasteiger partial charge on any atom is -0.487 e. The molecule has 8 heteroatoms. The van der Waals surface area contributed by atoms with E-state index in [-0.39, 0.29) is 11.6 Å². The average Bonchev–Trinajstić information content (AvgIpc) is 3.19. The van der Waals surface area contributed by atoms with E-state index in [0.29, 0.717) is 18.2 Å². The Bertz CT molecular complexity index is 1360. The van der Waals surface area contributed by atoms with Gasteiger partial charge in [0.15, 0.2) is 0 Å². The summed E-state index contributed by atoms with van der Waals surface area (Å²) in [5, 5.41) is 11.7. The highest BCUT2D eigenvalue weighted by molar-refractivity contribution is 9.10. The first-order valence-electron chi connectivity index (χ1n) is 11.8. The molecule has 4 aromatic rings. The van der Waals surface area contributed by atoms with Gasteiger partial charge in [0.25, 0.3) is 0 Å². The number of benzene rings is 3. The van der Waals surface area contributed by atoms with Gasteiger partial charge in [-0.15, -0.1) is 0 Å². The molecule has 5 rings (SSSR count). The van der Waals surface area contributed by atoms with Crippen molar-refractivity contribution in [3.8, 4) is 5.75 Å². The van der Waals surface area contributed by atoms with E-state index in [4.69, 9.17) is 16.3 Å². The van der Waals surface area contributed by atoms with Crippen molar-refractivity contribution in [2.24, 2.45) is 5.92 Å². The molecule has 0 amide bonds. The minimum atomic E-state index is -0.586. The van der Waals surface area contributed by atoms with Gasteiger partial charge in [-0.1, -0.05) is 51.8 Å². The van der Waals surface area contributed by atoms with Crippen molar-refractivity contribution < 1.29 is 9.84 Å². The van der Waals surface area contributed by atoms with Crippen LogP contribution in [0.3, 0.4) is 0 Å². The summed E-state index contributed by atoms with van der Waals surface area (Å²) in [7, 11) is 0. The van der Waals surface area contributed by atoms with Gasteiger partial charge in [0.05, 0.1) is 29.4 Å². The first kappa shape index (κ1) is 24.0. The van der Waals surface area contributed by atoms with E-state index in [1.54, 1.807) is 4.57 Å². The number of anilines is 1. The van der Waals surface area contributed by atoms with Crippen LogP contribution in [0.4, 0.5) is 5.69 Å². The first-order valence-corrected chi connectivity index (χ1v) is 12.9. The predicted molar refractivity (Wildman–Crippen MR) is 143 cm³/mol. The average molecular weight is 557 g/mol. The van der Waals surface area contributed by atoms with Crippen LogP contribution < -0.4 is 15.3 Å². The number of fused-ring (bicyclic) bond motifs is 1. The number of hydrogen-bond donors (Lipinski definition) is 2. The van der Waals surface area contributed by atoms with E-state index in [1.807, 2.05) is 60.7 Å². The standard InChI is InChI=1S/C27H27BrClN3O3/c28-20-7-10-26(35-17-18-5-8-21(29)9-6-18)24(15-20)31-13-11-19(12-14-31)25(33)16-32-23-4-2-1-3-22(23)30-27(32)34/h1-10,15,19,25,33H,11-14,16-17H2,(H,30,34). The van der Waals surface area contributed by atoms with Gasteiger partial charge < -0.3 is 19.7 Å². The smallest absolute Gasteiger partial charge is 0.326 e. The fourth-order valence-electron chi connectivity index (χ4n) is 4.75. The van der Waals surface area contributed by atoms with Crippen LogP contribution in [-0.4, -0.2) is 33.9 Å². The van der Waals surface area contributed by atoms with E-state index >= 15 is 0 Å². The Hall–Kier alpha value is -2.74. The van der Waals surface area contributed by atoms with E-state index in [2.05, 4.69) is 31.9 Å². The fraction of sp³-hybridized carbons (Fsp3) is 0.296. The molecule has 0 bridgehead atoms. The van der Waals surface area contributed by atoms with Crippen LogP contribution in [0.5, 0.6) is 5.75 Å². The molecule has 0 spiro atoms. The number of halogens is 2. The van der Waals surface area contributed by atoms with Crippen molar-refractivity contribution >= 4 is 44.3 Å². The number of imidazole rings is 1. The van der Waals surface area contributed by atoms with E-state index in [0.717, 1.165) is 58.4 Å². The lowest BCUT2D eigenvalue weighted by Crippen LogP contribution is -2.40. The molecule has 1 atom stereocenters. The van der Waals surface area contributed by atoms with E-state index < -0.39 is 6.10 Å². The van der Waals surface area contributed by atoms with Crippen molar-refractivity contribution in [3.63, 3.8) is 0 Å². The Morgan fingerprint density at radius 1 is 1.09 bits per heavy atom. The van der Waals surface area contributed by atoms with E-state index in [1.165, 1.54) is 0 Å². The molecule has 182 valence electrons. The molecule has 1 saturated heterocycles. The fourth-order valence-corrected chi connectivity index (χ4v) is 5.23. The van der Waals surface area contributed by atoms with Gasteiger partial charge in [0.2, 0.25) is 0 Å². The highest BCUT2D eigenvalue weighted by Gasteiger charge is 2.27. The Morgan fingerprint density at radius 2 is 1.83 bits per heavy atom. The number of ether oxygens (including phenoxy) is 1. The van der Waals surface area contributed by atoms with Crippen LogP contribution in [0.25, 0.3) is 11.0 Å². The van der Waals surface area contributed by atoms with Crippen LogP contribution in [0, 0.1) is 5.92 Å². The maximum Gasteiger partial charge on any atom is 0.326 e. The van der Waals surface area contributed by atoms with Crippen LogP contribution >= 0.6 is 27.5 Å². The number of rotatable bonds is 7. The number of aliphatic hydroxyl groups excluding tert-OH is 1. The van der Waals surface area contributed by atoms with Crippen molar-refractivity contribution in [1.29, 1.82) is 0 Å². The molecule has 0 radical (unpaired) electrons. The lowest BCUT2D eigenvalue weighted by Gasteiger charge is -2.36. The third-order valence-corrected chi connectivity index (χ3v) is 7.45. The second-order valence-electron chi connectivity index (χ2n) is 8.98. The summed E-state index contributed by atoms with van der Waals surface area (Å²) in [6.07, 6.45) is 1.08. The molecular formula is C27H27BrClN3O3. The monoisotopic (exact) mass is 555 g/mol. The number of piperidine rings is 1. The van der Waals surface area contributed by atoms with Gasteiger partial charge in [-0.25, -0.2) is 4.79 Å². The number of aromatic nitrogens is 2. The second kappa shape index (κ2) is 10.5. The largest absolute Gasteiger partial charge is 0.487 e. The van der Waals surface area contributed by atoms with Gasteiger partial charge in [0, 0.05) is 22.6 Å². The zero-order valence-electron chi connectivity index (χ0n) is 19.2. The molecule has 1 aliphatic heterocycles. The van der Waals surface area contributed by atoms with Crippen molar-refractivity contribution in [1.82, 2.24) is 9.55 Å². The summed E-state index contributed by atoms with van der Waals surface area (Å²) in [6, 6.07) is 21.3. The van der Waals surface area contributed by atoms with E-state index in [9.17, 15) is 9.90 Å². The SMILES string of the molecule is O=c1[nH]c2ccccc2n1CC(O)C1CCN(c2cc(Br)ccc2OCc2ccc(Cl)cc2)CC1. The number of para-hydroxylation sites is 2. The Kier molecular flexibility index (Phi) is 7.18. The molecule has 35 heavy (non-hydrogen) atoms. The maximum atomic E-state index is 12.4. The van der Waals surface area contributed by atoms with Crippen molar-refractivity contribution in [3.05, 3.63) is 92.3 Å². The van der Waals surface area contributed by atoms with Crippen LogP contribution in [-0.2, 0) is 13.2 Å². The third-order valence-electron chi connectivity index (χ3n) is 6.70. The van der Waals surface area contributed by atoms with Gasteiger partial charge >= 0.3 is 5.69 Å². The first-order chi connectivity index (χ1) is 17.0. The predicted octanol–water partition coefficient (Wildman–Crippen LogP) is 5.60. The molecule has 3 aromatic carbocycles. The van der Waals surface area contributed by atoms with Gasteiger partial charge in [-0.05, 0) is 66.8 Å². The third kappa shape index (κ3) is 5.42. The summed E-state index contributed by atoms with van der Waals surface area (Å²) in [5.74, 6) is 0.949. The zero-order valence-corrected chi connectivity index (χ0v) is 21.5. The maximum absolute atomic E-state index is 12.4. The molecule has 1 aliphatic rings. The number of aromatic amines is 1. The molecule has 0 aliphatic carbocycles. The summed E-state index contributed by atoms with van der Waals surface area (Å²) >= 11 is 9.58. The highest BCUT2D eigenvalue weighted by atomic mass is 79.9. The summed E-state index contributed by atoms with van der Waals surface area (Å²) < 4.78 is 8.81. The normalized spacial score (nSPS) is 15.5. The molecule has 1 unspecified atom stereocenters. The summed E-state index contributed by atoms with van der Waals surface area (Å²) in [6.45, 7) is 2.36. The Morgan fingerprint density at radius 3 is 2.60 bits per heavy atom. The van der Waals surface area contributed by atoms with Crippen molar-refractivity contribution in [2.45, 2.75) is 32.1 Å². The Balaban J connectivity index is 1.24. The second-order valence-corrected chi connectivity index (χ2v) is 10.3. The lowest BCUT2D eigenvalue weighted by atomic mass is 9.90. The topological polar surface area (TPSA) is 70.5 Å². The van der Waals surface area contributed by atoms with Gasteiger partial charge in [-0.3, -0.25) is 4.57 Å². The molecule has 1 aromatic heterocycles. The molecular weight excluding hydrogens is 530 g/mol. The highest BCUT2D eigenvalue weighted by Crippen LogP contribution is 2.35. The van der Waals surface area contributed by atoms with Gasteiger partial charge in [-0.2, -0.15) is 0 Å². The minimum absolute atomic E-state index is 0.123. The summed E-state index contributed by atoms with van der Waals surface area (Å²) in [4.78, 5) is 17.6. The summed E-state index contributed by atoms with van der Waals surface area (Å²) in [5.41, 5.74) is 3.52. The van der Waals surface area contributed by atoms with Crippen LogP contribution in [0.15, 0.2) is 76.0 Å². The molecule has 0 saturated carbocycles. The molecule has 1 fully saturated rings. The van der Waals surface area contributed by atoms with Crippen LogP contribution in [0.2, 0.25) is 5.02 Å². The lowest BCUT2D eigenvalue weighted by molar-refractivity contribution is 0.0769. The van der Waals surface area contributed by atoms with Crippen LogP contribution in [0.1, 0.15) is 18.4 Å². The number of aliphatic hydroxyl groups is 1. The zero-order chi connectivity index (χ0) is 24.4. The number of nitrogens with zero attached hydrogens (tertiary/aromatic N) is 2. The molecule has 2 heterocycles. The van der Waals surface area contributed by atoms with Gasteiger partial charge in [0.1, 0.15) is 12.4 Å². The molecule has 6 nitrogen and oxygen atoms in total. The molecule has 2 N–H and O–H groups in total. The Labute approximate surface area is 217 Å². The number of nitrogens with one attached hydrogen (secondary N) is 1.